The molecular weight excluding hydrogens is 396 g/mol. The average Bonchev–Trinajstić information content (AvgIpc) is 2.78. The van der Waals surface area contributed by atoms with Gasteiger partial charge in [0.25, 0.3) is 0 Å². The summed E-state index contributed by atoms with van der Waals surface area (Å²) in [5.41, 5.74) is 7.80. The molecule has 0 aliphatic heterocycles. The Bertz CT molecular complexity index is 881. The topological polar surface area (TPSA) is 98.9 Å². The van der Waals surface area contributed by atoms with Crippen LogP contribution in [0.4, 0.5) is 4.79 Å². The molecule has 2 N–H and O–H groups in total. The molecule has 2 rings (SSSR count). The predicted octanol–water partition coefficient (Wildman–Crippen LogP) is 3.86. The van der Waals surface area contributed by atoms with Crippen molar-refractivity contribution in [2.24, 2.45) is 11.7 Å². The van der Waals surface area contributed by atoms with Crippen molar-refractivity contribution < 1.29 is 23.9 Å². The Morgan fingerprint density at radius 3 is 2.13 bits per heavy atom. The SMILES string of the molecule is CCc1ccc([C@H](CC(=O)OC)N(C(=O)Oc2ccccc2)C(=O)[C@@H](N)C(C)C)cc1. The lowest BCUT2D eigenvalue weighted by Crippen LogP contribution is -2.51. The maximum atomic E-state index is 13.3. The molecule has 7 nitrogen and oxygen atoms in total. The van der Waals surface area contributed by atoms with Gasteiger partial charge in [0.15, 0.2) is 0 Å². The Balaban J connectivity index is 2.50. The van der Waals surface area contributed by atoms with Crippen LogP contribution in [0.3, 0.4) is 0 Å². The minimum Gasteiger partial charge on any atom is -0.469 e. The van der Waals surface area contributed by atoms with Crippen LogP contribution in [0.1, 0.15) is 44.4 Å². The quantitative estimate of drug-likeness (QED) is 0.644. The third-order valence-electron chi connectivity index (χ3n) is 5.06. The van der Waals surface area contributed by atoms with E-state index in [-0.39, 0.29) is 18.1 Å². The van der Waals surface area contributed by atoms with Crippen LogP contribution < -0.4 is 10.5 Å². The van der Waals surface area contributed by atoms with Gasteiger partial charge in [-0.05, 0) is 35.6 Å². The van der Waals surface area contributed by atoms with Crippen LogP contribution in [0, 0.1) is 5.92 Å². The fraction of sp³-hybridized carbons (Fsp3) is 0.375. The molecule has 0 saturated heterocycles. The van der Waals surface area contributed by atoms with Crippen molar-refractivity contribution in [3.63, 3.8) is 0 Å². The van der Waals surface area contributed by atoms with E-state index in [0.717, 1.165) is 16.9 Å². The van der Waals surface area contributed by atoms with Crippen molar-refractivity contribution in [2.45, 2.75) is 45.7 Å². The second-order valence-corrected chi connectivity index (χ2v) is 7.55. The summed E-state index contributed by atoms with van der Waals surface area (Å²) in [6.45, 7) is 5.60. The van der Waals surface area contributed by atoms with E-state index in [4.69, 9.17) is 15.2 Å². The number of amides is 2. The zero-order chi connectivity index (χ0) is 23.0. The van der Waals surface area contributed by atoms with Gasteiger partial charge < -0.3 is 15.2 Å². The number of rotatable bonds is 8. The van der Waals surface area contributed by atoms with Gasteiger partial charge in [0.1, 0.15) is 5.75 Å². The number of carbonyl (C=O) groups excluding carboxylic acids is 3. The van der Waals surface area contributed by atoms with Crippen molar-refractivity contribution in [2.75, 3.05) is 7.11 Å². The van der Waals surface area contributed by atoms with E-state index in [1.54, 1.807) is 56.3 Å². The van der Waals surface area contributed by atoms with E-state index in [2.05, 4.69) is 0 Å². The standard InChI is InChI=1S/C24H30N2O5/c1-5-17-11-13-18(14-12-17)20(15-21(27)30-4)26(23(28)22(25)16(2)3)24(29)31-19-9-7-6-8-10-19/h6-14,16,20,22H,5,15,25H2,1-4H3/t20-,22-/m0/s1. The van der Waals surface area contributed by atoms with Crippen LogP contribution in [0.25, 0.3) is 0 Å². The van der Waals surface area contributed by atoms with Gasteiger partial charge in [-0.3, -0.25) is 9.59 Å². The summed E-state index contributed by atoms with van der Waals surface area (Å²) in [6, 6.07) is 13.9. The lowest BCUT2D eigenvalue weighted by Gasteiger charge is -2.32. The summed E-state index contributed by atoms with van der Waals surface area (Å²) in [4.78, 5) is 39.6. The molecule has 7 heteroatoms. The van der Waals surface area contributed by atoms with Gasteiger partial charge in [0.2, 0.25) is 5.91 Å². The van der Waals surface area contributed by atoms with Crippen molar-refractivity contribution in [1.82, 2.24) is 4.90 Å². The summed E-state index contributed by atoms with van der Waals surface area (Å²) in [7, 11) is 1.26. The van der Waals surface area contributed by atoms with E-state index >= 15 is 0 Å². The number of para-hydroxylation sites is 1. The van der Waals surface area contributed by atoms with Gasteiger partial charge >= 0.3 is 12.1 Å². The molecule has 2 atom stereocenters. The van der Waals surface area contributed by atoms with Crippen molar-refractivity contribution in [1.29, 1.82) is 0 Å². The molecule has 0 fully saturated rings. The lowest BCUT2D eigenvalue weighted by atomic mass is 9.97. The zero-order valence-corrected chi connectivity index (χ0v) is 18.4. The number of nitrogens with zero attached hydrogens (tertiary/aromatic N) is 1. The highest BCUT2D eigenvalue weighted by Gasteiger charge is 2.37. The van der Waals surface area contributed by atoms with E-state index in [0.29, 0.717) is 5.56 Å². The third-order valence-corrected chi connectivity index (χ3v) is 5.06. The largest absolute Gasteiger partial charge is 0.469 e. The number of methoxy groups -OCH3 is 1. The van der Waals surface area contributed by atoms with Gasteiger partial charge in [0.05, 0.1) is 25.6 Å². The first-order valence-electron chi connectivity index (χ1n) is 10.3. The first-order valence-corrected chi connectivity index (χ1v) is 10.3. The second kappa shape index (κ2) is 11.3. The van der Waals surface area contributed by atoms with Crippen LogP contribution in [0.5, 0.6) is 5.75 Å². The summed E-state index contributed by atoms with van der Waals surface area (Å²) >= 11 is 0. The molecule has 0 saturated carbocycles. The minimum atomic E-state index is -0.946. The monoisotopic (exact) mass is 426 g/mol. The fourth-order valence-corrected chi connectivity index (χ4v) is 3.03. The molecule has 0 bridgehead atoms. The number of hydrogen-bond acceptors (Lipinski definition) is 6. The molecule has 0 spiro atoms. The smallest absolute Gasteiger partial charge is 0.422 e. The molecule has 2 aromatic carbocycles. The van der Waals surface area contributed by atoms with E-state index in [9.17, 15) is 14.4 Å². The van der Waals surface area contributed by atoms with Crippen molar-refractivity contribution in [3.05, 3.63) is 65.7 Å². The van der Waals surface area contributed by atoms with Crippen LogP contribution >= 0.6 is 0 Å². The number of esters is 1. The number of aryl methyl sites for hydroxylation is 1. The van der Waals surface area contributed by atoms with Crippen LogP contribution in [0.15, 0.2) is 54.6 Å². The molecule has 2 aromatic rings. The minimum absolute atomic E-state index is 0.220. The van der Waals surface area contributed by atoms with Crippen molar-refractivity contribution in [3.8, 4) is 5.75 Å². The number of nitrogens with two attached hydrogens (primary N) is 1. The number of hydrogen-bond donors (Lipinski definition) is 1. The normalized spacial score (nSPS) is 12.7. The van der Waals surface area contributed by atoms with Gasteiger partial charge in [-0.1, -0.05) is 63.2 Å². The zero-order valence-electron chi connectivity index (χ0n) is 18.4. The molecule has 0 aromatic heterocycles. The van der Waals surface area contributed by atoms with Crippen LogP contribution in [-0.4, -0.2) is 36.0 Å². The molecular formula is C24H30N2O5. The molecule has 0 unspecified atom stereocenters. The molecule has 0 aliphatic carbocycles. The summed E-state index contributed by atoms with van der Waals surface area (Å²) in [6.07, 6.45) is -0.290. The molecule has 31 heavy (non-hydrogen) atoms. The predicted molar refractivity (Wildman–Crippen MR) is 117 cm³/mol. The number of carbonyl (C=O) groups is 3. The average molecular weight is 427 g/mol. The fourth-order valence-electron chi connectivity index (χ4n) is 3.03. The van der Waals surface area contributed by atoms with E-state index in [1.807, 2.05) is 19.1 Å². The Labute approximate surface area is 183 Å². The maximum absolute atomic E-state index is 13.3. The van der Waals surface area contributed by atoms with Gasteiger partial charge in [0, 0.05) is 0 Å². The summed E-state index contributed by atoms with van der Waals surface area (Å²) in [5, 5.41) is 0. The molecule has 0 heterocycles. The third kappa shape index (κ3) is 6.39. The maximum Gasteiger partial charge on any atom is 0.422 e. The van der Waals surface area contributed by atoms with Crippen LogP contribution in [0.2, 0.25) is 0 Å². The van der Waals surface area contributed by atoms with Gasteiger partial charge in [-0.15, -0.1) is 0 Å². The number of ether oxygens (including phenoxy) is 2. The highest BCUT2D eigenvalue weighted by atomic mass is 16.6. The molecule has 2 amide bonds. The second-order valence-electron chi connectivity index (χ2n) is 7.55. The number of imide groups is 1. The first-order chi connectivity index (χ1) is 14.8. The summed E-state index contributed by atoms with van der Waals surface area (Å²) < 4.78 is 10.3. The van der Waals surface area contributed by atoms with Gasteiger partial charge in [-0.2, -0.15) is 0 Å². The Morgan fingerprint density at radius 2 is 1.61 bits per heavy atom. The van der Waals surface area contributed by atoms with Crippen LogP contribution in [-0.2, 0) is 20.7 Å². The Hall–Kier alpha value is -3.19. The Morgan fingerprint density at radius 1 is 1.00 bits per heavy atom. The molecule has 0 radical (unpaired) electrons. The van der Waals surface area contributed by atoms with E-state index < -0.39 is 30.1 Å². The number of benzene rings is 2. The van der Waals surface area contributed by atoms with Crippen molar-refractivity contribution >= 4 is 18.0 Å². The molecule has 0 aliphatic rings. The lowest BCUT2D eigenvalue weighted by molar-refractivity contribution is -0.143. The summed E-state index contributed by atoms with van der Waals surface area (Å²) in [5.74, 6) is -1.13. The Kier molecular flexibility index (Phi) is 8.75. The van der Waals surface area contributed by atoms with Gasteiger partial charge in [-0.25, -0.2) is 9.69 Å². The first kappa shape index (κ1) is 24.1. The highest BCUT2D eigenvalue weighted by molar-refractivity contribution is 5.96. The molecule has 166 valence electrons. The highest BCUT2D eigenvalue weighted by Crippen LogP contribution is 2.28. The van der Waals surface area contributed by atoms with E-state index in [1.165, 1.54) is 7.11 Å².